The quantitative estimate of drug-likeness (QED) is 0.478. The first kappa shape index (κ1) is 19.3. The van der Waals surface area contributed by atoms with Gasteiger partial charge in [0.1, 0.15) is 12.9 Å². The number of nitrogens with one attached hydrogen (secondary N) is 2. The van der Waals surface area contributed by atoms with Crippen molar-refractivity contribution in [2.75, 3.05) is 25.1 Å². The van der Waals surface area contributed by atoms with Gasteiger partial charge in [0.2, 0.25) is 0 Å². The Bertz CT molecular complexity index is 954. The van der Waals surface area contributed by atoms with E-state index in [1.807, 2.05) is 29.8 Å². The number of hydrogen-bond donors (Lipinski definition) is 2. The number of ether oxygens (including phenoxy) is 2. The summed E-state index contributed by atoms with van der Waals surface area (Å²) in [6.07, 6.45) is 3.49. The molecule has 152 valence electrons. The van der Waals surface area contributed by atoms with Crippen molar-refractivity contribution in [2.24, 2.45) is 12.0 Å². The molecule has 0 bridgehead atoms. The van der Waals surface area contributed by atoms with Crippen molar-refractivity contribution < 1.29 is 9.47 Å². The molecule has 0 unspecified atom stereocenters. The summed E-state index contributed by atoms with van der Waals surface area (Å²) in [7, 11) is 1.91. The topological polar surface area (TPSA) is 85.6 Å². The number of fused-ring (bicyclic) bond motifs is 1. The first-order valence-electron chi connectivity index (χ1n) is 9.58. The van der Waals surface area contributed by atoms with Gasteiger partial charge in [0, 0.05) is 36.6 Å². The highest BCUT2D eigenvalue weighted by Crippen LogP contribution is 2.32. The molecule has 3 aromatic rings. The third-order valence-electron chi connectivity index (χ3n) is 4.44. The molecule has 2 aromatic heterocycles. The van der Waals surface area contributed by atoms with E-state index >= 15 is 0 Å². The van der Waals surface area contributed by atoms with Crippen LogP contribution in [0.4, 0.5) is 5.69 Å². The van der Waals surface area contributed by atoms with Gasteiger partial charge in [0.25, 0.3) is 0 Å². The van der Waals surface area contributed by atoms with E-state index < -0.39 is 0 Å². The van der Waals surface area contributed by atoms with Crippen molar-refractivity contribution in [3.63, 3.8) is 0 Å². The van der Waals surface area contributed by atoms with Crippen molar-refractivity contribution in [1.82, 2.24) is 20.1 Å². The van der Waals surface area contributed by atoms with Crippen LogP contribution >= 0.6 is 11.3 Å². The Morgan fingerprint density at radius 1 is 1.24 bits per heavy atom. The minimum atomic E-state index is 0.426. The lowest BCUT2D eigenvalue weighted by atomic mass is 10.2. The average Bonchev–Trinajstić information content (AvgIpc) is 3.32. The number of anilines is 1. The molecule has 29 heavy (non-hydrogen) atoms. The molecular weight excluding hydrogens is 388 g/mol. The van der Waals surface area contributed by atoms with Crippen molar-refractivity contribution in [2.45, 2.75) is 19.4 Å². The van der Waals surface area contributed by atoms with E-state index in [2.05, 4.69) is 43.3 Å². The summed E-state index contributed by atoms with van der Waals surface area (Å²) in [6.45, 7) is 2.53. The van der Waals surface area contributed by atoms with Crippen LogP contribution in [0.15, 0.2) is 47.0 Å². The average molecular weight is 413 g/mol. The second-order valence-corrected chi connectivity index (χ2v) is 7.65. The lowest BCUT2D eigenvalue weighted by molar-refractivity contribution is 0.297. The molecule has 0 saturated heterocycles. The van der Waals surface area contributed by atoms with Crippen molar-refractivity contribution >= 4 is 23.0 Å². The summed E-state index contributed by atoms with van der Waals surface area (Å²) in [4.78, 5) is 6.01. The molecule has 0 fully saturated rings. The molecule has 0 aliphatic carbocycles. The third kappa shape index (κ3) is 5.26. The predicted octanol–water partition coefficient (Wildman–Crippen LogP) is 2.84. The fraction of sp³-hybridized carbons (Fsp3) is 0.350. The Labute approximate surface area is 173 Å². The molecule has 1 aromatic carbocycles. The number of benzene rings is 1. The number of guanidine groups is 1. The smallest absolute Gasteiger partial charge is 0.196 e. The Balaban J connectivity index is 1.46. The molecule has 0 saturated carbocycles. The molecule has 0 spiro atoms. The molecular formula is C20H24N6O2S. The zero-order valence-corrected chi connectivity index (χ0v) is 17.1. The van der Waals surface area contributed by atoms with Gasteiger partial charge in [-0.25, -0.2) is 4.99 Å². The molecule has 0 radical (unpaired) electrons. The Morgan fingerprint density at radius 2 is 2.14 bits per heavy atom. The second kappa shape index (κ2) is 9.42. The number of aromatic nitrogens is 3. The van der Waals surface area contributed by atoms with E-state index in [1.54, 1.807) is 17.7 Å². The van der Waals surface area contributed by atoms with Crippen molar-refractivity contribution in [3.8, 4) is 11.5 Å². The molecule has 9 heteroatoms. The fourth-order valence-corrected chi connectivity index (χ4v) is 3.59. The molecule has 8 nitrogen and oxygen atoms in total. The van der Waals surface area contributed by atoms with Crippen LogP contribution in [0.25, 0.3) is 0 Å². The first-order valence-corrected chi connectivity index (χ1v) is 10.5. The number of hydrogen-bond acceptors (Lipinski definition) is 6. The van der Waals surface area contributed by atoms with Gasteiger partial charge in [-0.1, -0.05) is 6.07 Å². The van der Waals surface area contributed by atoms with Gasteiger partial charge in [-0.2, -0.15) is 0 Å². The largest absolute Gasteiger partial charge is 0.490 e. The van der Waals surface area contributed by atoms with E-state index in [9.17, 15) is 0 Å². The normalized spacial score (nSPS) is 13.8. The van der Waals surface area contributed by atoms with Gasteiger partial charge in [-0.05, 0) is 30.0 Å². The van der Waals surface area contributed by atoms with Gasteiger partial charge in [-0.15, -0.1) is 21.5 Å². The van der Waals surface area contributed by atoms with Gasteiger partial charge in [-0.3, -0.25) is 0 Å². The highest BCUT2D eigenvalue weighted by Gasteiger charge is 2.12. The number of thiophene rings is 1. The number of aliphatic imine (C=N–C) groups is 1. The Kier molecular flexibility index (Phi) is 6.25. The van der Waals surface area contributed by atoms with E-state index in [0.29, 0.717) is 25.7 Å². The molecule has 3 heterocycles. The monoisotopic (exact) mass is 412 g/mol. The zero-order chi connectivity index (χ0) is 19.9. The van der Waals surface area contributed by atoms with E-state index in [1.165, 1.54) is 4.88 Å². The third-order valence-corrected chi connectivity index (χ3v) is 5.37. The van der Waals surface area contributed by atoms with Gasteiger partial charge in [0.05, 0.1) is 13.2 Å². The molecule has 1 aliphatic heterocycles. The van der Waals surface area contributed by atoms with E-state index in [-0.39, 0.29) is 0 Å². The molecule has 4 rings (SSSR count). The van der Waals surface area contributed by atoms with Gasteiger partial charge < -0.3 is 24.7 Å². The number of nitrogens with zero attached hydrogens (tertiary/aromatic N) is 4. The number of rotatable bonds is 6. The van der Waals surface area contributed by atoms with E-state index in [0.717, 1.165) is 42.4 Å². The summed E-state index contributed by atoms with van der Waals surface area (Å²) in [6, 6.07) is 10.0. The van der Waals surface area contributed by atoms with Crippen LogP contribution in [0.2, 0.25) is 0 Å². The molecule has 0 atom stereocenters. The lowest BCUT2D eigenvalue weighted by Gasteiger charge is -2.14. The summed E-state index contributed by atoms with van der Waals surface area (Å²) < 4.78 is 13.4. The summed E-state index contributed by atoms with van der Waals surface area (Å²) >= 11 is 1.76. The van der Waals surface area contributed by atoms with Crippen LogP contribution in [-0.4, -0.2) is 40.5 Å². The van der Waals surface area contributed by atoms with Gasteiger partial charge >= 0.3 is 0 Å². The highest BCUT2D eigenvalue weighted by molar-refractivity contribution is 7.09. The summed E-state index contributed by atoms with van der Waals surface area (Å²) in [5, 5.41) is 16.9. The van der Waals surface area contributed by atoms with Crippen LogP contribution in [0.3, 0.4) is 0 Å². The van der Waals surface area contributed by atoms with Crippen LogP contribution in [0.1, 0.15) is 17.1 Å². The summed E-state index contributed by atoms with van der Waals surface area (Å²) in [5.41, 5.74) is 0.884. The Morgan fingerprint density at radius 3 is 2.93 bits per heavy atom. The minimum Gasteiger partial charge on any atom is -0.490 e. The van der Waals surface area contributed by atoms with Crippen molar-refractivity contribution in [1.29, 1.82) is 0 Å². The summed E-state index contributed by atoms with van der Waals surface area (Å²) in [5.74, 6) is 3.00. The predicted molar refractivity (Wildman–Crippen MR) is 114 cm³/mol. The Hall–Kier alpha value is -3.07. The van der Waals surface area contributed by atoms with E-state index in [4.69, 9.17) is 9.47 Å². The molecule has 2 N–H and O–H groups in total. The lowest BCUT2D eigenvalue weighted by Crippen LogP contribution is -2.32. The SMILES string of the molecule is Cn1cnnc1CN=C(NCCc1cccs1)Nc1ccc2c(c1)OCCCO2. The molecule has 1 aliphatic rings. The standard InChI is InChI=1S/C20H24N6O2S/c1-26-14-23-25-19(26)13-22-20(21-8-7-16-4-2-11-29-16)24-15-5-6-17-18(12-15)28-10-3-9-27-17/h2,4-6,11-12,14H,3,7-10,13H2,1H3,(H2,21,22,24). The number of aryl methyl sites for hydroxylation is 1. The van der Waals surface area contributed by atoms with Crippen LogP contribution in [0.5, 0.6) is 11.5 Å². The highest BCUT2D eigenvalue weighted by atomic mass is 32.1. The van der Waals surface area contributed by atoms with Crippen LogP contribution in [-0.2, 0) is 20.0 Å². The molecule has 0 amide bonds. The van der Waals surface area contributed by atoms with Crippen molar-refractivity contribution in [3.05, 3.63) is 52.7 Å². The zero-order valence-electron chi connectivity index (χ0n) is 16.3. The first-order chi connectivity index (χ1) is 14.3. The maximum Gasteiger partial charge on any atom is 0.196 e. The maximum absolute atomic E-state index is 5.79. The van der Waals surface area contributed by atoms with Crippen LogP contribution < -0.4 is 20.1 Å². The van der Waals surface area contributed by atoms with Gasteiger partial charge in [0.15, 0.2) is 23.3 Å². The maximum atomic E-state index is 5.79. The fourth-order valence-electron chi connectivity index (χ4n) is 2.88. The minimum absolute atomic E-state index is 0.426. The second-order valence-electron chi connectivity index (χ2n) is 6.62. The van der Waals surface area contributed by atoms with Crippen LogP contribution in [0, 0.1) is 0 Å².